The van der Waals surface area contributed by atoms with Crippen molar-refractivity contribution in [1.82, 2.24) is 0 Å². The van der Waals surface area contributed by atoms with Crippen LogP contribution in [0.3, 0.4) is 0 Å². The lowest BCUT2D eigenvalue weighted by molar-refractivity contribution is 0.146. The van der Waals surface area contributed by atoms with Gasteiger partial charge in [0.05, 0.1) is 13.7 Å². The fraction of sp³-hybridized carbons (Fsp3) is 0.200. The zero-order valence-corrected chi connectivity index (χ0v) is 13.4. The van der Waals surface area contributed by atoms with Gasteiger partial charge in [0, 0.05) is 12.7 Å². The van der Waals surface area contributed by atoms with Crippen molar-refractivity contribution in [3.05, 3.63) is 60.7 Å². The first-order chi connectivity index (χ1) is 11.3. The van der Waals surface area contributed by atoms with Gasteiger partial charge < -0.3 is 14.2 Å². The van der Waals surface area contributed by atoms with Crippen LogP contribution in [-0.4, -0.2) is 27.4 Å². The molecular weight excluding hydrogens is 288 g/mol. The summed E-state index contributed by atoms with van der Waals surface area (Å²) in [6.45, 7) is 1.09. The largest absolute Gasteiger partial charge is 0.497 e. The van der Waals surface area contributed by atoms with Crippen LogP contribution in [0.25, 0.3) is 21.9 Å². The highest BCUT2D eigenvalue weighted by Crippen LogP contribution is 2.37. The van der Waals surface area contributed by atoms with E-state index in [1.165, 1.54) is 10.8 Å². The second-order valence-electron chi connectivity index (χ2n) is 5.23. The molecule has 3 aromatic carbocycles. The Morgan fingerprint density at radius 3 is 2.30 bits per heavy atom. The third kappa shape index (κ3) is 3.30. The van der Waals surface area contributed by atoms with Gasteiger partial charge in [0.1, 0.15) is 18.1 Å². The van der Waals surface area contributed by atoms with Crippen LogP contribution in [-0.2, 0) is 4.74 Å². The molecule has 0 saturated heterocycles. The smallest absolute Gasteiger partial charge is 0.127 e. The van der Waals surface area contributed by atoms with Crippen LogP contribution >= 0.6 is 0 Å². The predicted molar refractivity (Wildman–Crippen MR) is 93.3 cm³/mol. The Morgan fingerprint density at radius 1 is 0.783 bits per heavy atom. The van der Waals surface area contributed by atoms with Gasteiger partial charge in [0.25, 0.3) is 0 Å². The summed E-state index contributed by atoms with van der Waals surface area (Å²) in [5.74, 6) is 1.71. The fourth-order valence-electron chi connectivity index (χ4n) is 2.66. The third-order valence-corrected chi connectivity index (χ3v) is 3.81. The normalized spacial score (nSPS) is 10.7. The van der Waals surface area contributed by atoms with Crippen LogP contribution in [0.1, 0.15) is 0 Å². The number of methoxy groups -OCH3 is 2. The fourth-order valence-corrected chi connectivity index (χ4v) is 2.66. The zero-order valence-electron chi connectivity index (χ0n) is 13.4. The molecular formula is C20H20O3. The molecule has 0 radical (unpaired) electrons. The SMILES string of the molecule is COCCOc1ccc2ccccc2c1-c1ccc(OC)cc1. The average Bonchev–Trinajstić information content (AvgIpc) is 2.62. The minimum atomic E-state index is 0.526. The second-order valence-corrected chi connectivity index (χ2v) is 5.23. The average molecular weight is 308 g/mol. The highest BCUT2D eigenvalue weighted by Gasteiger charge is 2.11. The number of hydrogen-bond acceptors (Lipinski definition) is 3. The van der Waals surface area contributed by atoms with Gasteiger partial charge in [-0.25, -0.2) is 0 Å². The minimum absolute atomic E-state index is 0.526. The van der Waals surface area contributed by atoms with Gasteiger partial charge in [0.15, 0.2) is 0 Å². The van der Waals surface area contributed by atoms with Crippen molar-refractivity contribution in [3.8, 4) is 22.6 Å². The van der Waals surface area contributed by atoms with E-state index in [9.17, 15) is 0 Å². The van der Waals surface area contributed by atoms with E-state index in [2.05, 4.69) is 30.3 Å². The predicted octanol–water partition coefficient (Wildman–Crippen LogP) is 4.54. The molecule has 118 valence electrons. The van der Waals surface area contributed by atoms with E-state index in [1.807, 2.05) is 30.3 Å². The second kappa shape index (κ2) is 7.16. The Bertz CT molecular complexity index is 778. The van der Waals surface area contributed by atoms with Crippen molar-refractivity contribution >= 4 is 10.8 Å². The van der Waals surface area contributed by atoms with E-state index < -0.39 is 0 Å². The summed E-state index contributed by atoms with van der Waals surface area (Å²) in [7, 11) is 3.35. The van der Waals surface area contributed by atoms with E-state index in [0.29, 0.717) is 13.2 Å². The van der Waals surface area contributed by atoms with E-state index in [0.717, 1.165) is 22.6 Å². The van der Waals surface area contributed by atoms with E-state index in [4.69, 9.17) is 14.2 Å². The minimum Gasteiger partial charge on any atom is -0.497 e. The molecule has 0 aliphatic carbocycles. The van der Waals surface area contributed by atoms with E-state index in [1.54, 1.807) is 14.2 Å². The highest BCUT2D eigenvalue weighted by molar-refractivity contribution is 5.99. The van der Waals surface area contributed by atoms with E-state index >= 15 is 0 Å². The number of ether oxygens (including phenoxy) is 3. The van der Waals surface area contributed by atoms with Gasteiger partial charge in [-0.05, 0) is 34.5 Å². The molecule has 23 heavy (non-hydrogen) atoms. The highest BCUT2D eigenvalue weighted by atomic mass is 16.5. The molecule has 0 unspecified atom stereocenters. The van der Waals surface area contributed by atoms with Crippen LogP contribution in [0, 0.1) is 0 Å². The molecule has 0 aliphatic heterocycles. The van der Waals surface area contributed by atoms with Crippen LogP contribution in [0.15, 0.2) is 60.7 Å². The van der Waals surface area contributed by atoms with Crippen molar-refractivity contribution in [2.24, 2.45) is 0 Å². The molecule has 3 aromatic rings. The summed E-state index contributed by atoms with van der Waals surface area (Å²) in [6, 6.07) is 20.5. The number of fused-ring (bicyclic) bond motifs is 1. The van der Waals surface area contributed by atoms with Gasteiger partial charge in [0.2, 0.25) is 0 Å². The molecule has 3 heteroatoms. The van der Waals surface area contributed by atoms with Crippen molar-refractivity contribution < 1.29 is 14.2 Å². The number of rotatable bonds is 6. The van der Waals surface area contributed by atoms with Gasteiger partial charge in [-0.3, -0.25) is 0 Å². The first-order valence-corrected chi connectivity index (χ1v) is 7.61. The summed E-state index contributed by atoms with van der Waals surface area (Å²) in [6.07, 6.45) is 0. The lowest BCUT2D eigenvalue weighted by Gasteiger charge is -2.15. The monoisotopic (exact) mass is 308 g/mol. The maximum atomic E-state index is 5.94. The summed E-state index contributed by atoms with van der Waals surface area (Å²) in [5, 5.41) is 2.37. The Hall–Kier alpha value is -2.52. The summed E-state index contributed by atoms with van der Waals surface area (Å²) < 4.78 is 16.3. The molecule has 0 aliphatic rings. The summed E-state index contributed by atoms with van der Waals surface area (Å²) in [4.78, 5) is 0. The van der Waals surface area contributed by atoms with Gasteiger partial charge in [-0.15, -0.1) is 0 Å². The standard InChI is InChI=1S/C20H20O3/c1-21-13-14-23-19-12-9-15-5-3-4-6-18(15)20(19)16-7-10-17(22-2)11-8-16/h3-12H,13-14H2,1-2H3. The lowest BCUT2D eigenvalue weighted by Crippen LogP contribution is -2.05. The van der Waals surface area contributed by atoms with Crippen LogP contribution in [0.2, 0.25) is 0 Å². The molecule has 0 spiro atoms. The Labute approximate surface area is 136 Å². The first-order valence-electron chi connectivity index (χ1n) is 7.61. The molecule has 0 N–H and O–H groups in total. The van der Waals surface area contributed by atoms with Crippen molar-refractivity contribution in [1.29, 1.82) is 0 Å². The molecule has 0 saturated carbocycles. The quantitative estimate of drug-likeness (QED) is 0.626. The lowest BCUT2D eigenvalue weighted by atomic mass is 9.97. The van der Waals surface area contributed by atoms with Gasteiger partial charge in [-0.2, -0.15) is 0 Å². The van der Waals surface area contributed by atoms with E-state index in [-0.39, 0.29) is 0 Å². The Balaban J connectivity index is 2.10. The third-order valence-electron chi connectivity index (χ3n) is 3.81. The molecule has 0 fully saturated rings. The first kappa shape index (κ1) is 15.4. The van der Waals surface area contributed by atoms with Crippen LogP contribution < -0.4 is 9.47 Å². The summed E-state index contributed by atoms with van der Waals surface area (Å²) >= 11 is 0. The van der Waals surface area contributed by atoms with Crippen molar-refractivity contribution in [2.75, 3.05) is 27.4 Å². The molecule has 0 aromatic heterocycles. The van der Waals surface area contributed by atoms with Gasteiger partial charge in [-0.1, -0.05) is 42.5 Å². The topological polar surface area (TPSA) is 27.7 Å². The van der Waals surface area contributed by atoms with Crippen molar-refractivity contribution in [3.63, 3.8) is 0 Å². The molecule has 0 bridgehead atoms. The molecule has 3 rings (SSSR count). The Morgan fingerprint density at radius 2 is 1.57 bits per heavy atom. The molecule has 0 heterocycles. The maximum absolute atomic E-state index is 5.94. The zero-order chi connectivity index (χ0) is 16.1. The Kier molecular flexibility index (Phi) is 4.79. The maximum Gasteiger partial charge on any atom is 0.127 e. The molecule has 3 nitrogen and oxygen atoms in total. The van der Waals surface area contributed by atoms with Crippen LogP contribution in [0.5, 0.6) is 11.5 Å². The molecule has 0 atom stereocenters. The van der Waals surface area contributed by atoms with Crippen LogP contribution in [0.4, 0.5) is 0 Å². The molecule has 0 amide bonds. The summed E-state index contributed by atoms with van der Waals surface area (Å²) in [5.41, 5.74) is 2.21. The van der Waals surface area contributed by atoms with Crippen molar-refractivity contribution in [2.45, 2.75) is 0 Å². The number of benzene rings is 3. The van der Waals surface area contributed by atoms with Gasteiger partial charge >= 0.3 is 0 Å². The number of hydrogen-bond donors (Lipinski definition) is 0.